The molecular weight excluding hydrogens is 310 g/mol. The molecule has 1 aliphatic heterocycles. The lowest BCUT2D eigenvalue weighted by Crippen LogP contribution is -2.50. The van der Waals surface area contributed by atoms with E-state index in [1.54, 1.807) is 17.9 Å². The predicted molar refractivity (Wildman–Crippen MR) is 87.5 cm³/mol. The third-order valence-electron chi connectivity index (χ3n) is 5.46. The van der Waals surface area contributed by atoms with E-state index in [0.29, 0.717) is 24.2 Å². The van der Waals surface area contributed by atoms with Crippen molar-refractivity contribution in [2.75, 3.05) is 20.2 Å². The number of benzene rings is 1. The Bertz CT molecular complexity index is 668. The van der Waals surface area contributed by atoms with E-state index < -0.39 is 5.97 Å². The van der Waals surface area contributed by atoms with Gasteiger partial charge in [0.25, 0.3) is 5.91 Å². The Morgan fingerprint density at radius 1 is 1.21 bits per heavy atom. The molecular formula is C18H23NO5. The Labute approximate surface area is 141 Å². The number of hydrogen-bond acceptors (Lipinski definition) is 4. The lowest BCUT2D eigenvalue weighted by Gasteiger charge is -2.50. The molecule has 2 fully saturated rings. The molecule has 0 bridgehead atoms. The summed E-state index contributed by atoms with van der Waals surface area (Å²) in [5.41, 5.74) is 1.33. The van der Waals surface area contributed by atoms with E-state index in [9.17, 15) is 19.8 Å². The molecule has 2 aliphatic rings. The van der Waals surface area contributed by atoms with Gasteiger partial charge in [-0.25, -0.2) is 4.79 Å². The smallest absolute Gasteiger partial charge is 0.339 e. The molecule has 6 nitrogen and oxygen atoms in total. The summed E-state index contributed by atoms with van der Waals surface area (Å²) in [5, 5.41) is 18.8. The Kier molecular flexibility index (Phi) is 4.25. The molecule has 0 unspecified atom stereocenters. The average Bonchev–Trinajstić information content (AvgIpc) is 2.53. The predicted octanol–water partition coefficient (Wildman–Crippen LogP) is 2.08. The van der Waals surface area contributed by atoms with Gasteiger partial charge in [0.15, 0.2) is 0 Å². The van der Waals surface area contributed by atoms with Gasteiger partial charge in [-0.05, 0) is 55.7 Å². The zero-order valence-corrected chi connectivity index (χ0v) is 14.0. The van der Waals surface area contributed by atoms with E-state index >= 15 is 0 Å². The fourth-order valence-electron chi connectivity index (χ4n) is 3.95. The minimum Gasteiger partial charge on any atom is -0.496 e. The van der Waals surface area contributed by atoms with E-state index in [0.717, 1.165) is 25.7 Å². The maximum Gasteiger partial charge on any atom is 0.339 e. The first-order chi connectivity index (χ1) is 11.3. The Morgan fingerprint density at radius 2 is 1.83 bits per heavy atom. The molecule has 130 valence electrons. The number of likely N-dealkylation sites (tertiary alicyclic amines) is 1. The van der Waals surface area contributed by atoms with Gasteiger partial charge in [-0.15, -0.1) is 0 Å². The molecule has 0 atom stereocenters. The van der Waals surface area contributed by atoms with Crippen LogP contribution in [0.5, 0.6) is 5.75 Å². The summed E-state index contributed by atoms with van der Waals surface area (Å²) >= 11 is 0. The molecule has 3 rings (SSSR count). The monoisotopic (exact) mass is 333 g/mol. The number of amides is 1. The average molecular weight is 333 g/mol. The Balaban J connectivity index is 1.78. The fourth-order valence-corrected chi connectivity index (χ4v) is 3.95. The standard InChI is InChI=1S/C18H23NO5/c1-11-7-15(24-2)14(17(22)23)8-13(11)16(21)19-5-3-18(4-6-19)9-12(20)10-18/h7-8,12,20H,3-6,9-10H2,1-2H3,(H,22,23). The van der Waals surface area contributed by atoms with Crippen molar-refractivity contribution in [2.45, 2.75) is 38.7 Å². The third-order valence-corrected chi connectivity index (χ3v) is 5.46. The molecule has 1 heterocycles. The summed E-state index contributed by atoms with van der Waals surface area (Å²) in [4.78, 5) is 26.0. The van der Waals surface area contributed by atoms with E-state index in [1.807, 2.05) is 0 Å². The number of ether oxygens (including phenoxy) is 1. The summed E-state index contributed by atoms with van der Waals surface area (Å²) in [7, 11) is 1.42. The quantitative estimate of drug-likeness (QED) is 0.884. The molecule has 1 spiro atoms. The van der Waals surface area contributed by atoms with E-state index in [1.165, 1.54) is 13.2 Å². The van der Waals surface area contributed by atoms with Crippen LogP contribution in [0.25, 0.3) is 0 Å². The van der Waals surface area contributed by atoms with Crippen molar-refractivity contribution in [1.29, 1.82) is 0 Å². The molecule has 6 heteroatoms. The number of carbonyl (C=O) groups excluding carboxylic acids is 1. The number of carbonyl (C=O) groups is 2. The lowest BCUT2D eigenvalue weighted by atomic mass is 9.61. The summed E-state index contributed by atoms with van der Waals surface area (Å²) in [6.07, 6.45) is 3.28. The minimum absolute atomic E-state index is 0.00189. The van der Waals surface area contributed by atoms with Gasteiger partial charge in [0.2, 0.25) is 0 Å². The largest absolute Gasteiger partial charge is 0.496 e. The molecule has 1 aliphatic carbocycles. The second kappa shape index (κ2) is 6.09. The highest BCUT2D eigenvalue weighted by Crippen LogP contribution is 2.49. The van der Waals surface area contributed by atoms with Gasteiger partial charge >= 0.3 is 5.97 Å². The number of carboxylic acids is 1. The van der Waals surface area contributed by atoms with Crippen molar-refractivity contribution in [3.8, 4) is 5.75 Å². The van der Waals surface area contributed by atoms with Gasteiger partial charge < -0.3 is 19.8 Å². The first-order valence-corrected chi connectivity index (χ1v) is 8.24. The highest BCUT2D eigenvalue weighted by atomic mass is 16.5. The SMILES string of the molecule is COc1cc(C)c(C(=O)N2CCC3(CC2)CC(O)C3)cc1C(=O)O. The van der Waals surface area contributed by atoms with Crippen LogP contribution in [0.2, 0.25) is 0 Å². The van der Waals surface area contributed by atoms with E-state index in [2.05, 4.69) is 0 Å². The van der Waals surface area contributed by atoms with Crippen LogP contribution in [0.1, 0.15) is 52.0 Å². The van der Waals surface area contributed by atoms with Crippen LogP contribution in [0.4, 0.5) is 0 Å². The van der Waals surface area contributed by atoms with Crippen molar-refractivity contribution >= 4 is 11.9 Å². The van der Waals surface area contributed by atoms with Crippen molar-refractivity contribution in [1.82, 2.24) is 4.90 Å². The van der Waals surface area contributed by atoms with Gasteiger partial charge in [0, 0.05) is 18.7 Å². The van der Waals surface area contributed by atoms with Crippen LogP contribution >= 0.6 is 0 Å². The minimum atomic E-state index is -1.11. The number of piperidine rings is 1. The number of rotatable bonds is 3. The maximum atomic E-state index is 12.8. The lowest BCUT2D eigenvalue weighted by molar-refractivity contribution is -0.0637. The number of methoxy groups -OCH3 is 1. The number of aliphatic hydroxyl groups excluding tert-OH is 1. The Morgan fingerprint density at radius 3 is 2.33 bits per heavy atom. The second-order valence-corrected chi connectivity index (χ2v) is 7.03. The van der Waals surface area contributed by atoms with Crippen LogP contribution in [0, 0.1) is 12.3 Å². The van der Waals surface area contributed by atoms with Crippen LogP contribution in [-0.4, -0.2) is 53.3 Å². The van der Waals surface area contributed by atoms with Gasteiger partial charge in [-0.3, -0.25) is 4.79 Å². The van der Waals surface area contributed by atoms with Crippen molar-refractivity contribution in [3.05, 3.63) is 28.8 Å². The van der Waals surface area contributed by atoms with Crippen LogP contribution < -0.4 is 4.74 Å². The zero-order valence-electron chi connectivity index (χ0n) is 14.0. The summed E-state index contributed by atoms with van der Waals surface area (Å²) in [6, 6.07) is 3.01. The molecule has 1 aromatic carbocycles. The number of carboxylic acid groups (broad SMARTS) is 1. The molecule has 1 amide bonds. The number of aliphatic hydroxyl groups is 1. The van der Waals surface area contributed by atoms with Crippen molar-refractivity contribution in [2.24, 2.45) is 5.41 Å². The number of hydrogen-bond donors (Lipinski definition) is 2. The summed E-state index contributed by atoms with van der Waals surface area (Å²) < 4.78 is 5.10. The number of aryl methyl sites for hydroxylation is 1. The van der Waals surface area contributed by atoms with Crippen LogP contribution in [0.3, 0.4) is 0 Å². The highest BCUT2D eigenvalue weighted by Gasteiger charge is 2.45. The normalized spacial score (nSPS) is 19.9. The third kappa shape index (κ3) is 2.86. The number of aromatic carboxylic acids is 1. The highest BCUT2D eigenvalue weighted by molar-refractivity contribution is 6.00. The van der Waals surface area contributed by atoms with E-state index in [4.69, 9.17) is 4.74 Å². The summed E-state index contributed by atoms with van der Waals surface area (Å²) in [6.45, 7) is 3.09. The van der Waals surface area contributed by atoms with Crippen LogP contribution in [-0.2, 0) is 0 Å². The summed E-state index contributed by atoms with van der Waals surface area (Å²) in [5.74, 6) is -0.980. The zero-order chi connectivity index (χ0) is 17.5. The Hall–Kier alpha value is -2.08. The second-order valence-electron chi connectivity index (χ2n) is 7.03. The van der Waals surface area contributed by atoms with Gasteiger partial charge in [0.1, 0.15) is 11.3 Å². The molecule has 1 saturated carbocycles. The van der Waals surface area contributed by atoms with Gasteiger partial charge in [-0.2, -0.15) is 0 Å². The van der Waals surface area contributed by atoms with Crippen molar-refractivity contribution in [3.63, 3.8) is 0 Å². The van der Waals surface area contributed by atoms with Gasteiger partial charge in [-0.1, -0.05) is 0 Å². The molecule has 1 aromatic rings. The molecule has 2 N–H and O–H groups in total. The van der Waals surface area contributed by atoms with Gasteiger partial charge in [0.05, 0.1) is 13.2 Å². The maximum absolute atomic E-state index is 12.8. The molecule has 0 aromatic heterocycles. The van der Waals surface area contributed by atoms with Crippen molar-refractivity contribution < 1.29 is 24.5 Å². The first-order valence-electron chi connectivity index (χ1n) is 8.24. The van der Waals surface area contributed by atoms with Crippen LogP contribution in [0.15, 0.2) is 12.1 Å². The molecule has 24 heavy (non-hydrogen) atoms. The van der Waals surface area contributed by atoms with E-state index in [-0.39, 0.29) is 28.7 Å². The molecule has 1 saturated heterocycles. The first kappa shape index (κ1) is 16.8. The number of nitrogens with zero attached hydrogens (tertiary/aromatic N) is 1. The fraction of sp³-hybridized carbons (Fsp3) is 0.556. The topological polar surface area (TPSA) is 87.1 Å². The molecule has 0 radical (unpaired) electrons.